The van der Waals surface area contributed by atoms with Crippen LogP contribution in [0.2, 0.25) is 0 Å². The van der Waals surface area contributed by atoms with Gasteiger partial charge in [-0.1, -0.05) is 24.3 Å². The quantitative estimate of drug-likeness (QED) is 0.210. The lowest BCUT2D eigenvalue weighted by Crippen LogP contribution is -2.21. The van der Waals surface area contributed by atoms with Crippen molar-refractivity contribution in [1.29, 1.82) is 0 Å². The van der Waals surface area contributed by atoms with Crippen LogP contribution < -0.4 is 21.4 Å². The molecule has 0 radical (unpaired) electrons. The Morgan fingerprint density at radius 1 is 0.909 bits per heavy atom. The first-order chi connectivity index (χ1) is 20.8. The van der Waals surface area contributed by atoms with Gasteiger partial charge in [-0.25, -0.2) is 9.59 Å². The third-order valence-electron chi connectivity index (χ3n) is 5.91. The van der Waals surface area contributed by atoms with Crippen LogP contribution in [0.5, 0.6) is 0 Å². The molecule has 44 heavy (non-hydrogen) atoms. The number of carboxylic acid groups (broad SMARTS) is 1. The lowest BCUT2D eigenvalue weighted by molar-refractivity contribution is -0.192. The molecule has 0 atom stereocenters. The normalized spacial score (nSPS) is 10.8. The minimum Gasteiger partial charge on any atom is -0.475 e. The highest BCUT2D eigenvalue weighted by atomic mass is 19.4. The van der Waals surface area contributed by atoms with Gasteiger partial charge in [-0.05, 0) is 68.0 Å². The third-order valence-corrected chi connectivity index (χ3v) is 5.91. The molecule has 0 saturated carbocycles. The van der Waals surface area contributed by atoms with Crippen molar-refractivity contribution in [3.8, 4) is 0 Å². The van der Waals surface area contributed by atoms with E-state index in [0.717, 1.165) is 24.6 Å². The van der Waals surface area contributed by atoms with Gasteiger partial charge in [0.25, 0.3) is 11.8 Å². The monoisotopic (exact) mass is 613 g/mol. The highest BCUT2D eigenvalue weighted by Gasteiger charge is 2.38. The van der Waals surface area contributed by atoms with Gasteiger partial charge in [-0.3, -0.25) is 14.4 Å². The maximum Gasteiger partial charge on any atom is 0.490 e. The summed E-state index contributed by atoms with van der Waals surface area (Å²) in [6.07, 6.45) is -4.24. The summed E-state index contributed by atoms with van der Waals surface area (Å²) >= 11 is 0. The number of carbonyl (C=O) groups is 4. The Kier molecular flexibility index (Phi) is 11.0. The number of esters is 1. The van der Waals surface area contributed by atoms with E-state index in [-0.39, 0.29) is 33.6 Å². The van der Waals surface area contributed by atoms with Crippen molar-refractivity contribution in [3.63, 3.8) is 0 Å². The van der Waals surface area contributed by atoms with Crippen LogP contribution in [0.25, 0.3) is 11.0 Å². The van der Waals surface area contributed by atoms with Gasteiger partial charge >= 0.3 is 18.1 Å². The zero-order valence-corrected chi connectivity index (χ0v) is 23.3. The number of hydrogen-bond acceptors (Lipinski definition) is 8. The number of alkyl halides is 3. The van der Waals surface area contributed by atoms with Crippen LogP contribution >= 0.6 is 0 Å². The van der Waals surface area contributed by atoms with Gasteiger partial charge in [-0.15, -0.1) is 0 Å². The SMILES string of the molecule is CNCCc1ccc(NC(=O)c2ccc(C(=O)OC)cc2NC(=O)c2cc(=O)c3ccccc3o2)cc1.O=C(O)C(F)(F)F. The van der Waals surface area contributed by atoms with E-state index in [1.165, 1.54) is 25.3 Å². The second kappa shape index (κ2) is 14.6. The Hall–Kier alpha value is -5.50. The molecule has 230 valence electrons. The van der Waals surface area contributed by atoms with Gasteiger partial charge in [-0.2, -0.15) is 13.2 Å². The first-order valence-electron chi connectivity index (χ1n) is 12.8. The van der Waals surface area contributed by atoms with Crippen LogP contribution in [-0.2, 0) is 16.0 Å². The predicted octanol–water partition coefficient (Wildman–Crippen LogP) is 4.48. The Morgan fingerprint density at radius 3 is 2.18 bits per heavy atom. The Bertz CT molecular complexity index is 1730. The number of ether oxygens (including phenoxy) is 1. The van der Waals surface area contributed by atoms with Crippen molar-refractivity contribution in [2.75, 3.05) is 31.3 Å². The highest BCUT2D eigenvalue weighted by molar-refractivity contribution is 6.13. The van der Waals surface area contributed by atoms with Crippen LogP contribution in [0, 0.1) is 0 Å². The van der Waals surface area contributed by atoms with Crippen molar-refractivity contribution in [1.82, 2.24) is 5.32 Å². The molecule has 11 nitrogen and oxygen atoms in total. The van der Waals surface area contributed by atoms with Gasteiger partial charge in [0.15, 0.2) is 11.2 Å². The Morgan fingerprint density at radius 2 is 1.57 bits per heavy atom. The third kappa shape index (κ3) is 8.75. The molecule has 0 saturated heterocycles. The van der Waals surface area contributed by atoms with Crippen LogP contribution in [0.1, 0.15) is 36.8 Å². The van der Waals surface area contributed by atoms with E-state index in [9.17, 15) is 32.3 Å². The number of benzene rings is 3. The number of para-hydroxylation sites is 1. The van der Waals surface area contributed by atoms with Gasteiger partial charge in [0, 0.05) is 11.8 Å². The molecule has 1 heterocycles. The summed E-state index contributed by atoms with van der Waals surface area (Å²) < 4.78 is 42.1. The van der Waals surface area contributed by atoms with Crippen molar-refractivity contribution in [2.24, 2.45) is 0 Å². The van der Waals surface area contributed by atoms with Crippen LogP contribution in [0.15, 0.2) is 82.0 Å². The maximum absolute atomic E-state index is 13.1. The predicted molar refractivity (Wildman–Crippen MR) is 154 cm³/mol. The van der Waals surface area contributed by atoms with E-state index < -0.39 is 29.9 Å². The van der Waals surface area contributed by atoms with Crippen molar-refractivity contribution >= 4 is 46.1 Å². The molecule has 0 aliphatic carbocycles. The summed E-state index contributed by atoms with van der Waals surface area (Å²) in [4.78, 5) is 59.6. The smallest absolute Gasteiger partial charge is 0.475 e. The molecule has 0 unspecified atom stereocenters. The van der Waals surface area contributed by atoms with Gasteiger partial charge in [0.2, 0.25) is 0 Å². The van der Waals surface area contributed by atoms with Gasteiger partial charge in [0.1, 0.15) is 5.58 Å². The molecule has 0 aliphatic heterocycles. The molecule has 4 N–H and O–H groups in total. The molecule has 4 aromatic rings. The number of carbonyl (C=O) groups excluding carboxylic acids is 3. The average molecular weight is 614 g/mol. The van der Waals surface area contributed by atoms with Crippen LogP contribution in [-0.4, -0.2) is 55.7 Å². The number of halogens is 3. The molecule has 3 aromatic carbocycles. The van der Waals surface area contributed by atoms with Gasteiger partial charge in [0.05, 0.1) is 29.3 Å². The lowest BCUT2D eigenvalue weighted by atomic mass is 10.1. The largest absolute Gasteiger partial charge is 0.490 e. The van der Waals surface area contributed by atoms with E-state index in [4.69, 9.17) is 19.1 Å². The maximum atomic E-state index is 13.1. The zero-order valence-electron chi connectivity index (χ0n) is 23.3. The average Bonchev–Trinajstić information content (AvgIpc) is 3.00. The molecule has 1 aromatic heterocycles. The number of aliphatic carboxylic acids is 1. The number of methoxy groups -OCH3 is 1. The summed E-state index contributed by atoms with van der Waals surface area (Å²) in [5.74, 6) is -4.90. The molecule has 14 heteroatoms. The summed E-state index contributed by atoms with van der Waals surface area (Å²) in [5.41, 5.74) is 1.82. The zero-order chi connectivity index (χ0) is 32.4. The number of amides is 2. The van der Waals surface area contributed by atoms with E-state index >= 15 is 0 Å². The van der Waals surface area contributed by atoms with E-state index in [1.54, 1.807) is 36.4 Å². The fraction of sp³-hybridized carbons (Fsp3) is 0.167. The molecule has 0 bridgehead atoms. The van der Waals surface area contributed by atoms with Crippen molar-refractivity contribution in [2.45, 2.75) is 12.6 Å². The standard InChI is InChI=1S/C28H25N3O6.C2HF3O2/c1-29-14-13-17-7-10-19(11-8-17)30-26(33)20-12-9-18(28(35)36-2)15-22(20)31-27(34)25-16-23(32)21-5-3-4-6-24(21)37-25;3-2(4,5)1(6)7/h3-12,15-16,29H,13-14H2,1-2H3,(H,30,33)(H,31,34);(H,6,7). The van der Waals surface area contributed by atoms with Crippen LogP contribution in [0.3, 0.4) is 0 Å². The minimum atomic E-state index is -5.08. The molecular weight excluding hydrogens is 587 g/mol. The second-order valence-electron chi connectivity index (χ2n) is 8.98. The lowest BCUT2D eigenvalue weighted by Gasteiger charge is -2.13. The summed E-state index contributed by atoms with van der Waals surface area (Å²) in [5, 5.41) is 15.9. The first kappa shape index (κ1) is 33.0. The number of likely N-dealkylation sites (N-methyl/N-ethyl adjacent to an activating group) is 1. The van der Waals surface area contributed by atoms with E-state index in [0.29, 0.717) is 11.1 Å². The molecule has 0 aliphatic rings. The highest BCUT2D eigenvalue weighted by Crippen LogP contribution is 2.22. The number of fused-ring (bicyclic) bond motifs is 1. The molecular formula is C30H26F3N3O8. The number of carboxylic acids is 1. The molecule has 2 amide bonds. The fourth-order valence-electron chi connectivity index (χ4n) is 3.71. The Labute approximate surface area is 247 Å². The molecule has 4 rings (SSSR count). The second-order valence-corrected chi connectivity index (χ2v) is 8.98. The Balaban J connectivity index is 0.000000676. The summed E-state index contributed by atoms with van der Waals surface area (Å²) in [6, 6.07) is 19.2. The van der Waals surface area contributed by atoms with E-state index in [1.807, 2.05) is 19.2 Å². The topological polar surface area (TPSA) is 164 Å². The number of hydrogen-bond donors (Lipinski definition) is 4. The number of nitrogens with one attached hydrogen (secondary N) is 3. The molecule has 0 fully saturated rings. The van der Waals surface area contributed by atoms with Crippen molar-refractivity contribution in [3.05, 3.63) is 105 Å². The van der Waals surface area contributed by atoms with Crippen molar-refractivity contribution < 1.29 is 46.6 Å². The number of anilines is 2. The summed E-state index contributed by atoms with van der Waals surface area (Å²) in [7, 11) is 3.11. The molecule has 0 spiro atoms. The van der Waals surface area contributed by atoms with E-state index in [2.05, 4.69) is 16.0 Å². The fourth-order valence-corrected chi connectivity index (χ4v) is 3.71. The van der Waals surface area contributed by atoms with Crippen LogP contribution in [0.4, 0.5) is 24.5 Å². The number of rotatable bonds is 8. The first-order valence-corrected chi connectivity index (χ1v) is 12.8. The summed E-state index contributed by atoms with van der Waals surface area (Å²) in [6.45, 7) is 0.832. The minimum absolute atomic E-state index is 0.0480. The van der Waals surface area contributed by atoms with Gasteiger partial charge < -0.3 is 30.2 Å².